The molecule has 2 amide bonds. The summed E-state index contributed by atoms with van der Waals surface area (Å²) in [5.41, 5.74) is -3.16. The van der Waals surface area contributed by atoms with Crippen molar-refractivity contribution in [2.75, 3.05) is 63.3 Å². The van der Waals surface area contributed by atoms with E-state index in [9.17, 15) is 35.9 Å². The SMILES string of the molecule is CCC[C@H]1N(C(=O)c2cnccc2C(F)(F)F)CCC[C@@]1(Nc1ccc(C(F)(F)F)cc1)C(=O)N1CCN(c2ccccc2OCCOC)CC1. The number of para-hydroxylation sites is 2. The van der Waals surface area contributed by atoms with Crippen molar-refractivity contribution in [3.63, 3.8) is 0 Å². The van der Waals surface area contributed by atoms with Crippen molar-refractivity contribution >= 4 is 23.2 Å². The number of likely N-dealkylation sites (tertiary alicyclic amines) is 1. The summed E-state index contributed by atoms with van der Waals surface area (Å²) in [6.45, 7) is 4.07. The van der Waals surface area contributed by atoms with E-state index >= 15 is 0 Å². The first kappa shape index (κ1) is 37.7. The zero-order valence-electron chi connectivity index (χ0n) is 28.4. The van der Waals surface area contributed by atoms with E-state index in [1.807, 2.05) is 31.2 Å². The molecule has 2 fully saturated rings. The second kappa shape index (κ2) is 15.8. The number of hydrogen-bond donors (Lipinski definition) is 1. The Kier molecular flexibility index (Phi) is 11.7. The highest BCUT2D eigenvalue weighted by molar-refractivity contribution is 5.98. The number of carbonyl (C=O) groups excluding carboxylic acids is 2. The summed E-state index contributed by atoms with van der Waals surface area (Å²) >= 11 is 0. The van der Waals surface area contributed by atoms with Gasteiger partial charge in [-0.15, -0.1) is 0 Å². The molecule has 2 aromatic carbocycles. The van der Waals surface area contributed by atoms with E-state index in [0.717, 1.165) is 36.3 Å². The number of piperidine rings is 1. The van der Waals surface area contributed by atoms with Crippen LogP contribution in [-0.4, -0.2) is 91.2 Å². The number of aromatic nitrogens is 1. The number of alkyl halides is 6. The fourth-order valence-corrected chi connectivity index (χ4v) is 6.96. The average Bonchev–Trinajstić information content (AvgIpc) is 3.12. The van der Waals surface area contributed by atoms with Crippen LogP contribution in [0.15, 0.2) is 67.0 Å². The number of ether oxygens (including phenoxy) is 2. The van der Waals surface area contributed by atoms with Gasteiger partial charge in [-0.1, -0.05) is 25.5 Å². The number of nitrogens with zero attached hydrogens (tertiary/aromatic N) is 4. The summed E-state index contributed by atoms with van der Waals surface area (Å²) in [4.78, 5) is 37.8. The molecular formula is C36H41F6N5O4. The molecule has 51 heavy (non-hydrogen) atoms. The van der Waals surface area contributed by atoms with Crippen molar-refractivity contribution in [1.29, 1.82) is 0 Å². The van der Waals surface area contributed by atoms with E-state index in [-0.39, 0.29) is 50.5 Å². The molecule has 1 aromatic heterocycles. The van der Waals surface area contributed by atoms with Crippen LogP contribution in [0.1, 0.15) is 54.1 Å². The highest BCUT2D eigenvalue weighted by Crippen LogP contribution is 2.40. The Balaban J connectivity index is 1.49. The monoisotopic (exact) mass is 721 g/mol. The second-order valence-electron chi connectivity index (χ2n) is 12.6. The second-order valence-corrected chi connectivity index (χ2v) is 12.6. The smallest absolute Gasteiger partial charge is 0.417 e. The van der Waals surface area contributed by atoms with E-state index < -0.39 is 46.5 Å². The first-order valence-corrected chi connectivity index (χ1v) is 16.8. The molecule has 3 heterocycles. The molecule has 2 saturated heterocycles. The van der Waals surface area contributed by atoms with Crippen molar-refractivity contribution in [3.8, 4) is 5.75 Å². The molecule has 0 spiro atoms. The predicted molar refractivity (Wildman–Crippen MR) is 179 cm³/mol. The highest BCUT2D eigenvalue weighted by atomic mass is 19.4. The first-order chi connectivity index (χ1) is 24.3. The number of amides is 2. The minimum Gasteiger partial charge on any atom is -0.489 e. The summed E-state index contributed by atoms with van der Waals surface area (Å²) in [6.07, 6.45) is -6.44. The van der Waals surface area contributed by atoms with Gasteiger partial charge in [-0.25, -0.2) is 0 Å². The van der Waals surface area contributed by atoms with E-state index in [4.69, 9.17) is 9.47 Å². The van der Waals surface area contributed by atoms with Gasteiger partial charge in [0, 0.05) is 57.9 Å². The summed E-state index contributed by atoms with van der Waals surface area (Å²) in [5, 5.41) is 3.23. The van der Waals surface area contributed by atoms with Crippen LogP contribution >= 0.6 is 0 Å². The summed E-state index contributed by atoms with van der Waals surface area (Å²) in [7, 11) is 1.58. The van der Waals surface area contributed by atoms with E-state index in [2.05, 4.69) is 15.2 Å². The standard InChI is InChI=1S/C36H41F6N5O4/c1-3-7-31-34(44-26-12-10-25(11-13-26)35(37,38)39,15-6-17-47(31)32(48)27-24-43-16-14-28(27)36(40,41)42)33(49)46-20-18-45(19-21-46)29-8-4-5-9-30(29)51-23-22-50-2/h4-5,8-14,16,24,31,44H,3,6-7,15,17-23H2,1-2H3/t31-,34+/m1/s1. The van der Waals surface area contributed by atoms with Crippen molar-refractivity contribution in [1.82, 2.24) is 14.8 Å². The Bertz CT molecular complexity index is 1650. The molecule has 2 atom stereocenters. The Labute approximate surface area is 292 Å². The van der Waals surface area contributed by atoms with Crippen molar-refractivity contribution in [2.24, 2.45) is 0 Å². The van der Waals surface area contributed by atoms with Crippen LogP contribution in [0, 0.1) is 0 Å². The Hall–Kier alpha value is -4.53. The fourth-order valence-electron chi connectivity index (χ4n) is 6.96. The van der Waals surface area contributed by atoms with Crippen LogP contribution in [0.4, 0.5) is 37.7 Å². The lowest BCUT2D eigenvalue weighted by molar-refractivity contribution is -0.141. The molecule has 1 N–H and O–H groups in total. The van der Waals surface area contributed by atoms with Crippen LogP contribution in [0.25, 0.3) is 0 Å². The van der Waals surface area contributed by atoms with Crippen LogP contribution < -0.4 is 15.0 Å². The molecule has 2 aliphatic heterocycles. The van der Waals surface area contributed by atoms with Gasteiger partial charge in [0.05, 0.1) is 35.0 Å². The number of methoxy groups -OCH3 is 1. The summed E-state index contributed by atoms with van der Waals surface area (Å²) in [5.74, 6) is -0.646. The third-order valence-electron chi connectivity index (χ3n) is 9.37. The van der Waals surface area contributed by atoms with Gasteiger partial charge in [-0.2, -0.15) is 26.3 Å². The molecule has 9 nitrogen and oxygen atoms in total. The minimum absolute atomic E-state index is 0.0764. The molecule has 0 radical (unpaired) electrons. The highest BCUT2D eigenvalue weighted by Gasteiger charge is 2.54. The maximum absolute atomic E-state index is 14.9. The molecule has 2 aliphatic rings. The molecule has 0 aliphatic carbocycles. The topological polar surface area (TPSA) is 87.2 Å². The number of anilines is 2. The van der Waals surface area contributed by atoms with Gasteiger partial charge in [-0.05, 0) is 61.7 Å². The van der Waals surface area contributed by atoms with Gasteiger partial charge in [0.25, 0.3) is 11.8 Å². The number of nitrogens with one attached hydrogen (secondary N) is 1. The molecule has 3 aromatic rings. The normalized spacial score (nSPS) is 19.9. The molecule has 276 valence electrons. The maximum Gasteiger partial charge on any atom is 0.417 e. The number of halogens is 6. The fraction of sp³-hybridized carbons (Fsp3) is 0.472. The van der Waals surface area contributed by atoms with Gasteiger partial charge in [-0.3, -0.25) is 14.6 Å². The summed E-state index contributed by atoms with van der Waals surface area (Å²) in [6, 6.07) is 11.6. The van der Waals surface area contributed by atoms with Crippen LogP contribution in [0.5, 0.6) is 5.75 Å². The zero-order valence-corrected chi connectivity index (χ0v) is 28.4. The molecular weight excluding hydrogens is 680 g/mol. The van der Waals surface area contributed by atoms with Gasteiger partial charge >= 0.3 is 12.4 Å². The van der Waals surface area contributed by atoms with Crippen molar-refractivity contribution < 1.29 is 45.4 Å². The largest absolute Gasteiger partial charge is 0.489 e. The molecule has 0 saturated carbocycles. The molecule has 15 heteroatoms. The predicted octanol–water partition coefficient (Wildman–Crippen LogP) is 6.75. The minimum atomic E-state index is -4.83. The number of benzene rings is 2. The van der Waals surface area contributed by atoms with Crippen LogP contribution in [0.3, 0.4) is 0 Å². The van der Waals surface area contributed by atoms with Crippen LogP contribution in [0.2, 0.25) is 0 Å². The van der Waals surface area contributed by atoms with Crippen molar-refractivity contribution in [2.45, 2.75) is 56.5 Å². The molecule has 0 bridgehead atoms. The lowest BCUT2D eigenvalue weighted by Gasteiger charge is -2.52. The van der Waals surface area contributed by atoms with E-state index in [1.54, 1.807) is 12.0 Å². The number of piperazine rings is 1. The third-order valence-corrected chi connectivity index (χ3v) is 9.37. The third kappa shape index (κ3) is 8.35. The zero-order chi connectivity index (χ0) is 36.8. The van der Waals surface area contributed by atoms with Crippen LogP contribution in [-0.2, 0) is 21.9 Å². The number of pyridine rings is 1. The Morgan fingerprint density at radius 1 is 0.922 bits per heavy atom. The van der Waals surface area contributed by atoms with Gasteiger partial charge in [0.2, 0.25) is 0 Å². The van der Waals surface area contributed by atoms with E-state index in [0.29, 0.717) is 38.5 Å². The van der Waals surface area contributed by atoms with Gasteiger partial charge < -0.3 is 29.5 Å². The van der Waals surface area contributed by atoms with Gasteiger partial charge in [0.15, 0.2) is 0 Å². The maximum atomic E-state index is 14.9. The average molecular weight is 722 g/mol. The quantitative estimate of drug-likeness (QED) is 0.173. The number of carbonyl (C=O) groups is 2. The van der Waals surface area contributed by atoms with E-state index in [1.165, 1.54) is 17.0 Å². The van der Waals surface area contributed by atoms with Crippen molar-refractivity contribution in [3.05, 3.63) is 83.7 Å². The molecule has 5 rings (SSSR count). The van der Waals surface area contributed by atoms with Gasteiger partial charge in [0.1, 0.15) is 17.9 Å². The molecule has 0 unspecified atom stereocenters. The Morgan fingerprint density at radius 3 is 2.27 bits per heavy atom. The number of rotatable bonds is 11. The summed E-state index contributed by atoms with van der Waals surface area (Å²) < 4.78 is 93.4. The Morgan fingerprint density at radius 2 is 1.63 bits per heavy atom. The first-order valence-electron chi connectivity index (χ1n) is 16.8. The lowest BCUT2D eigenvalue weighted by atomic mass is 9.76. The lowest BCUT2D eigenvalue weighted by Crippen LogP contribution is -2.70. The number of hydrogen-bond acceptors (Lipinski definition) is 7.